The molecule has 4 rings (SSSR count). The number of carbonyl (C=O) groups excluding carboxylic acids is 1. The highest BCUT2D eigenvalue weighted by Crippen LogP contribution is 2.37. The fourth-order valence-corrected chi connectivity index (χ4v) is 7.40. The summed E-state index contributed by atoms with van der Waals surface area (Å²) in [5, 5.41) is 25.2. The Morgan fingerprint density at radius 1 is 1.24 bits per heavy atom. The molecule has 3 aromatic heterocycles. The summed E-state index contributed by atoms with van der Waals surface area (Å²) >= 11 is 4.71. The number of thiophene rings is 2. The minimum absolute atomic E-state index is 0.112. The number of carbonyl (C=O) groups is 1. The Hall–Kier alpha value is -2.15. The molecule has 6 nitrogen and oxygen atoms in total. The maximum Gasteiger partial charge on any atom is 0.235 e. The lowest BCUT2D eigenvalue weighted by Crippen LogP contribution is -2.14. The summed E-state index contributed by atoms with van der Waals surface area (Å²) in [6, 6.07) is 2.35. The number of fused-ring (bicyclic) bond motifs is 1. The molecule has 0 fully saturated rings. The van der Waals surface area contributed by atoms with Crippen molar-refractivity contribution in [3.8, 4) is 17.5 Å². The molecule has 1 amide bonds. The molecule has 174 valence electrons. The Morgan fingerprint density at radius 2 is 2.03 bits per heavy atom. The fourth-order valence-electron chi connectivity index (χ4n) is 4.40. The molecular formula is C24H29N5OS3. The summed E-state index contributed by atoms with van der Waals surface area (Å²) in [6.07, 6.45) is 7.61. The van der Waals surface area contributed by atoms with E-state index in [0.29, 0.717) is 10.6 Å². The van der Waals surface area contributed by atoms with Gasteiger partial charge in [-0.1, -0.05) is 31.5 Å². The van der Waals surface area contributed by atoms with Crippen LogP contribution in [0.25, 0.3) is 11.4 Å². The van der Waals surface area contributed by atoms with E-state index in [2.05, 4.69) is 52.3 Å². The molecule has 0 bridgehead atoms. The monoisotopic (exact) mass is 499 g/mol. The van der Waals surface area contributed by atoms with Crippen LogP contribution in [0.15, 0.2) is 10.5 Å². The van der Waals surface area contributed by atoms with Crippen LogP contribution in [-0.4, -0.2) is 26.4 Å². The van der Waals surface area contributed by atoms with E-state index in [1.54, 1.807) is 22.7 Å². The average Bonchev–Trinajstić information content (AvgIpc) is 3.46. The van der Waals surface area contributed by atoms with Crippen LogP contribution < -0.4 is 5.32 Å². The number of hydrogen-bond donors (Lipinski definition) is 1. The third kappa shape index (κ3) is 5.03. The number of nitriles is 1. The minimum atomic E-state index is -0.112. The van der Waals surface area contributed by atoms with Gasteiger partial charge in [-0.2, -0.15) is 5.26 Å². The molecule has 9 heteroatoms. The van der Waals surface area contributed by atoms with Crippen LogP contribution in [0, 0.1) is 18.3 Å². The van der Waals surface area contributed by atoms with E-state index >= 15 is 0 Å². The molecule has 0 saturated carbocycles. The topological polar surface area (TPSA) is 83.6 Å². The first-order valence-corrected chi connectivity index (χ1v) is 14.2. The molecule has 1 aliphatic rings. The molecular weight excluding hydrogens is 470 g/mol. The van der Waals surface area contributed by atoms with Crippen LogP contribution in [0.4, 0.5) is 5.00 Å². The van der Waals surface area contributed by atoms with Crippen molar-refractivity contribution in [1.82, 2.24) is 14.8 Å². The van der Waals surface area contributed by atoms with E-state index in [1.165, 1.54) is 39.9 Å². The number of nitrogens with zero attached hydrogens (tertiary/aromatic N) is 4. The predicted molar refractivity (Wildman–Crippen MR) is 137 cm³/mol. The number of thioether (sulfide) groups is 1. The van der Waals surface area contributed by atoms with Crippen LogP contribution in [-0.2, 0) is 30.6 Å². The quantitative estimate of drug-likeness (QED) is 0.390. The van der Waals surface area contributed by atoms with E-state index in [-0.39, 0.29) is 11.7 Å². The first kappa shape index (κ1) is 24.0. The second kappa shape index (κ2) is 10.9. The first-order valence-electron chi connectivity index (χ1n) is 11.5. The number of amides is 1. The number of anilines is 1. The lowest BCUT2D eigenvalue weighted by molar-refractivity contribution is -0.113. The van der Waals surface area contributed by atoms with E-state index in [1.807, 2.05) is 0 Å². The number of rotatable bonds is 7. The summed E-state index contributed by atoms with van der Waals surface area (Å²) in [7, 11) is 0. The summed E-state index contributed by atoms with van der Waals surface area (Å²) in [6.45, 7) is 7.11. The second-order valence-electron chi connectivity index (χ2n) is 8.16. The van der Waals surface area contributed by atoms with Crippen molar-refractivity contribution in [3.05, 3.63) is 31.8 Å². The largest absolute Gasteiger partial charge is 0.316 e. The van der Waals surface area contributed by atoms with Gasteiger partial charge in [-0.05, 0) is 57.1 Å². The number of aromatic nitrogens is 3. The number of hydrogen-bond acceptors (Lipinski definition) is 7. The van der Waals surface area contributed by atoms with Gasteiger partial charge in [0.1, 0.15) is 11.1 Å². The maximum atomic E-state index is 12.8. The van der Waals surface area contributed by atoms with Crippen molar-refractivity contribution in [3.63, 3.8) is 0 Å². The van der Waals surface area contributed by atoms with Crippen LogP contribution in [0.2, 0.25) is 0 Å². The smallest absolute Gasteiger partial charge is 0.235 e. The van der Waals surface area contributed by atoms with E-state index in [9.17, 15) is 10.1 Å². The third-order valence-electron chi connectivity index (χ3n) is 6.10. The van der Waals surface area contributed by atoms with Gasteiger partial charge in [-0.3, -0.25) is 4.79 Å². The molecule has 3 heterocycles. The zero-order valence-corrected chi connectivity index (χ0v) is 21.8. The molecule has 0 unspecified atom stereocenters. The van der Waals surface area contributed by atoms with E-state index < -0.39 is 0 Å². The molecule has 0 aliphatic heterocycles. The third-order valence-corrected chi connectivity index (χ3v) is 9.23. The van der Waals surface area contributed by atoms with Crippen molar-refractivity contribution in [2.24, 2.45) is 0 Å². The van der Waals surface area contributed by atoms with Crippen molar-refractivity contribution < 1.29 is 4.79 Å². The summed E-state index contributed by atoms with van der Waals surface area (Å²) < 4.78 is 2.08. The summed E-state index contributed by atoms with van der Waals surface area (Å²) in [5.41, 5.74) is 4.27. The van der Waals surface area contributed by atoms with Crippen LogP contribution in [0.3, 0.4) is 0 Å². The SMILES string of the molecule is CCc1c(-c2nnc(SCC(=O)Nc3sc4c(c3C#N)CCCCCC4)n2CC)csc1C. The molecule has 0 spiro atoms. The van der Waals surface area contributed by atoms with Gasteiger partial charge in [-0.25, -0.2) is 0 Å². The average molecular weight is 500 g/mol. The summed E-state index contributed by atoms with van der Waals surface area (Å²) in [5.74, 6) is 0.986. The molecule has 1 aliphatic carbocycles. The highest BCUT2D eigenvalue weighted by molar-refractivity contribution is 7.99. The zero-order chi connectivity index (χ0) is 23.4. The van der Waals surface area contributed by atoms with Crippen molar-refractivity contribution in [2.75, 3.05) is 11.1 Å². The lowest BCUT2D eigenvalue weighted by atomic mass is 9.97. The van der Waals surface area contributed by atoms with Crippen LogP contribution >= 0.6 is 34.4 Å². The molecule has 0 radical (unpaired) electrons. The Kier molecular flexibility index (Phi) is 7.89. The Labute approximate surface area is 207 Å². The van der Waals surface area contributed by atoms with E-state index in [4.69, 9.17) is 0 Å². The highest BCUT2D eigenvalue weighted by Gasteiger charge is 2.22. The van der Waals surface area contributed by atoms with Gasteiger partial charge in [0.25, 0.3) is 0 Å². The fraction of sp³-hybridized carbons (Fsp3) is 0.500. The van der Waals surface area contributed by atoms with Crippen molar-refractivity contribution >= 4 is 45.3 Å². The molecule has 0 atom stereocenters. The number of aryl methyl sites for hydroxylation is 2. The normalized spacial score (nSPS) is 13.8. The van der Waals surface area contributed by atoms with Gasteiger partial charge in [0.05, 0.1) is 11.3 Å². The highest BCUT2D eigenvalue weighted by atomic mass is 32.2. The standard InChI is InChI=1S/C24H29N5OS3/c1-4-16-15(3)31-13-19(16)22-27-28-24(29(22)5-2)32-14-21(30)26-23-18(12-25)17-10-8-6-7-9-11-20(17)33-23/h13H,4-11,14H2,1-3H3,(H,26,30). The van der Waals surface area contributed by atoms with Crippen molar-refractivity contribution in [1.29, 1.82) is 5.26 Å². The molecule has 3 aromatic rings. The van der Waals surface area contributed by atoms with Gasteiger partial charge in [0.2, 0.25) is 5.91 Å². The molecule has 33 heavy (non-hydrogen) atoms. The number of nitrogens with one attached hydrogen (secondary N) is 1. The van der Waals surface area contributed by atoms with E-state index in [0.717, 1.165) is 60.8 Å². The Morgan fingerprint density at radius 3 is 2.76 bits per heavy atom. The maximum absolute atomic E-state index is 12.8. The summed E-state index contributed by atoms with van der Waals surface area (Å²) in [4.78, 5) is 15.4. The molecule has 0 saturated heterocycles. The van der Waals surface area contributed by atoms with Gasteiger partial charge >= 0.3 is 0 Å². The van der Waals surface area contributed by atoms with Crippen LogP contribution in [0.1, 0.15) is 66.0 Å². The Bertz CT molecular complexity index is 1180. The zero-order valence-electron chi connectivity index (χ0n) is 19.4. The minimum Gasteiger partial charge on any atom is -0.316 e. The van der Waals surface area contributed by atoms with Gasteiger partial charge in [0, 0.05) is 27.2 Å². The van der Waals surface area contributed by atoms with Gasteiger partial charge < -0.3 is 9.88 Å². The van der Waals surface area contributed by atoms with Gasteiger partial charge in [-0.15, -0.1) is 32.9 Å². The molecule has 0 aromatic carbocycles. The first-order chi connectivity index (χ1) is 16.1. The predicted octanol–water partition coefficient (Wildman–Crippen LogP) is 6.22. The Balaban J connectivity index is 1.47. The lowest BCUT2D eigenvalue weighted by Gasteiger charge is -2.09. The molecule has 1 N–H and O–H groups in total. The second-order valence-corrected chi connectivity index (χ2v) is 11.3. The van der Waals surface area contributed by atoms with Crippen molar-refractivity contribution in [2.45, 2.75) is 77.4 Å². The van der Waals surface area contributed by atoms with Gasteiger partial charge in [0.15, 0.2) is 11.0 Å². The van der Waals surface area contributed by atoms with Crippen LogP contribution in [0.5, 0.6) is 0 Å².